The molecule has 2 unspecified atom stereocenters. The van der Waals surface area contributed by atoms with E-state index in [0.717, 1.165) is 32.5 Å². The monoisotopic (exact) mass is 1450 g/mol. The molecule has 0 bridgehead atoms. The maximum absolute atomic E-state index is 14.1. The standard InChI is InChI=1S/C67H68ClN17O15S2/c68-27-36-30-85(51-26-52(87)42-5-1-2-6-43(42)55(36)51)63(96)49-24-35-21-39(12-15-45(35)79-49)77-60(93)47-23-34-20-38(11-14-44(34)78-47)75-53(88)17-19-101-102-31-50(65(99)100)82-61(94)48(25-54(89)90)81-59(92)33(4-3-18-72-66(69)70)22-41(86)13-16-46(64(97)98)80-58(91)32-7-9-37(10-8-32)73-28-40-29-74-57-56(76-40)62(95)84-67(71)83-57/h1-2,5-12,14-15,20-21,23-24,26,29,33,36,46,48,50,73,78-79,87H,3-4,13,16-19,22,25,27-28,30-31H2,(H,75,88)(H,77,93)(H,80,91)(H,81,92)(H,82,94)(H,89,90)(H,97,98)(H,99,100)(H4,69,70,72)(H3,71,74,83,84,95)/t33-,36?,46+,48+,50?/m0/s1. The quantitative estimate of drug-likeness (QED) is 0.00770. The second-order valence-corrected chi connectivity index (χ2v) is 26.7. The van der Waals surface area contributed by atoms with Gasteiger partial charge in [-0.2, -0.15) is 4.98 Å². The van der Waals surface area contributed by atoms with Crippen molar-refractivity contribution in [3.63, 3.8) is 0 Å². The fourth-order valence-corrected chi connectivity index (χ4v) is 13.9. The van der Waals surface area contributed by atoms with Gasteiger partial charge in [-0.15, -0.1) is 11.6 Å². The maximum atomic E-state index is 14.1. The van der Waals surface area contributed by atoms with Crippen molar-refractivity contribution < 1.29 is 68.4 Å². The molecule has 0 saturated carbocycles. The Morgan fingerprint density at radius 1 is 0.716 bits per heavy atom. The Morgan fingerprint density at radius 2 is 1.38 bits per heavy atom. The molecule has 10 rings (SSSR count). The number of carbonyl (C=O) groups excluding carboxylic acids is 7. The van der Waals surface area contributed by atoms with Crippen LogP contribution in [0.1, 0.15) is 93.5 Å². The third-order valence-corrected chi connectivity index (χ3v) is 19.3. The third kappa shape index (κ3) is 18.4. The van der Waals surface area contributed by atoms with Crippen molar-refractivity contribution >= 4 is 171 Å². The van der Waals surface area contributed by atoms with E-state index in [1.54, 1.807) is 59.5 Å². The van der Waals surface area contributed by atoms with Gasteiger partial charge in [-0.25, -0.2) is 19.6 Å². The molecular weight excluding hydrogens is 1380 g/mol. The number of nitrogens with two attached hydrogens (primary N) is 2. The lowest BCUT2D eigenvalue weighted by molar-refractivity contribution is -0.143. The number of aromatic amines is 3. The smallest absolute Gasteiger partial charge is 0.327 e. The van der Waals surface area contributed by atoms with E-state index in [9.17, 15) is 73.2 Å². The number of rotatable bonds is 33. The summed E-state index contributed by atoms with van der Waals surface area (Å²) in [6, 6.07) is 23.4. The Labute approximate surface area is 590 Å². The topological polar surface area (TPSA) is 518 Å². The number of amides is 6. The van der Waals surface area contributed by atoms with E-state index in [-0.39, 0.29) is 102 Å². The number of aliphatic carboxylic acids is 3. The number of carboxylic acid groups (broad SMARTS) is 3. The van der Waals surface area contributed by atoms with Gasteiger partial charge in [-0.1, -0.05) is 45.9 Å². The summed E-state index contributed by atoms with van der Waals surface area (Å²) in [7, 11) is 2.11. The molecule has 6 amide bonds. The zero-order valence-corrected chi connectivity index (χ0v) is 56.3. The van der Waals surface area contributed by atoms with E-state index in [1.807, 2.05) is 24.3 Å². The van der Waals surface area contributed by atoms with E-state index in [4.69, 9.17) is 28.5 Å². The number of aromatic hydroxyl groups is 1. The molecule has 35 heteroatoms. The highest BCUT2D eigenvalue weighted by Crippen LogP contribution is 2.46. The van der Waals surface area contributed by atoms with E-state index in [1.165, 1.54) is 30.5 Å². The Kier molecular flexibility index (Phi) is 23.5. The summed E-state index contributed by atoms with van der Waals surface area (Å²) in [6.07, 6.45) is -0.985. The fourth-order valence-electron chi connectivity index (χ4n) is 11.5. The highest BCUT2D eigenvalue weighted by molar-refractivity contribution is 8.76. The number of ketones is 1. The average molecular weight is 1450 g/mol. The largest absolute Gasteiger partial charge is 0.507 e. The summed E-state index contributed by atoms with van der Waals surface area (Å²) in [5.41, 5.74) is 15.5. The molecule has 530 valence electrons. The molecule has 4 aromatic heterocycles. The SMILES string of the molecule is N=C(N)NCCC[C@@H](CC(=O)CC[C@@H](NC(=O)c1ccc(NCc2cnc3nc(N)[nH]c(=O)c3n2)cc1)C(=O)O)C(=O)N[C@H](CC(=O)O)C(=O)NC(CSSCCC(=O)Nc1ccc2[nH]c(C(=O)Nc3ccc4[nH]c(C(=O)N5CC(CCl)c6c5cc(O)c5ccccc65)cc4c3)cc2c1)C(=O)O. The lowest BCUT2D eigenvalue weighted by Crippen LogP contribution is -2.54. The molecule has 0 fully saturated rings. The average Bonchev–Trinajstić information content (AvgIpc) is 1.58. The molecule has 9 aromatic rings. The molecule has 1 aliphatic rings. The van der Waals surface area contributed by atoms with Gasteiger partial charge in [0.05, 0.1) is 30.5 Å². The van der Waals surface area contributed by atoms with E-state index < -0.39 is 109 Å². The Balaban J connectivity index is 0.667. The first-order chi connectivity index (χ1) is 48.9. The number of hydrogen-bond acceptors (Lipinski definition) is 20. The molecule has 1 aliphatic heterocycles. The van der Waals surface area contributed by atoms with Gasteiger partial charge in [0, 0.05) is 117 Å². The van der Waals surface area contributed by atoms with Gasteiger partial charge in [0.15, 0.2) is 17.1 Å². The number of hydrogen-bond donors (Lipinski definition) is 17. The number of nitrogens with one attached hydrogen (secondary N) is 11. The van der Waals surface area contributed by atoms with Crippen LogP contribution in [0.4, 0.5) is 28.7 Å². The van der Waals surface area contributed by atoms with Crippen LogP contribution in [0.3, 0.4) is 0 Å². The number of H-pyrrole nitrogens is 3. The maximum Gasteiger partial charge on any atom is 0.327 e. The van der Waals surface area contributed by atoms with Gasteiger partial charge in [0.25, 0.3) is 23.3 Å². The number of carbonyl (C=O) groups is 10. The Morgan fingerprint density at radius 3 is 2.07 bits per heavy atom. The zero-order chi connectivity index (χ0) is 72.9. The highest BCUT2D eigenvalue weighted by Gasteiger charge is 2.36. The summed E-state index contributed by atoms with van der Waals surface area (Å²) in [4.78, 5) is 166. The van der Waals surface area contributed by atoms with Crippen LogP contribution in [0.25, 0.3) is 43.7 Å². The summed E-state index contributed by atoms with van der Waals surface area (Å²) < 4.78 is 0. The van der Waals surface area contributed by atoms with Crippen molar-refractivity contribution in [2.24, 2.45) is 11.7 Å². The van der Waals surface area contributed by atoms with Gasteiger partial charge in [0.2, 0.25) is 23.7 Å². The minimum atomic E-state index is -1.84. The predicted octanol–water partition coefficient (Wildman–Crippen LogP) is 5.70. The van der Waals surface area contributed by atoms with Gasteiger partial charge < -0.3 is 84.0 Å². The second kappa shape index (κ2) is 32.9. The van der Waals surface area contributed by atoms with E-state index >= 15 is 0 Å². The number of alkyl halides is 1. The van der Waals surface area contributed by atoms with Crippen molar-refractivity contribution in [3.8, 4) is 5.75 Å². The van der Waals surface area contributed by atoms with Crippen molar-refractivity contribution in [2.45, 2.75) is 75.5 Å². The number of phenolic OH excluding ortho intramolecular Hbond substituents is 1. The predicted molar refractivity (Wildman–Crippen MR) is 384 cm³/mol. The van der Waals surface area contributed by atoms with Crippen LogP contribution < -0.4 is 59.1 Å². The molecule has 0 saturated heterocycles. The van der Waals surface area contributed by atoms with Crippen LogP contribution in [0.5, 0.6) is 5.75 Å². The Bertz CT molecular complexity index is 4840. The van der Waals surface area contributed by atoms with E-state index in [2.05, 4.69) is 67.1 Å². The summed E-state index contributed by atoms with van der Waals surface area (Å²) in [5.74, 6) is -10.9. The number of nitrogen functional groups attached to an aromatic ring is 1. The molecular formula is C67H68ClN17O15S2. The number of nitrogens with zero attached hydrogens (tertiary/aromatic N) is 4. The lowest BCUT2D eigenvalue weighted by atomic mass is 9.93. The van der Waals surface area contributed by atoms with Crippen LogP contribution in [0.2, 0.25) is 0 Å². The van der Waals surface area contributed by atoms with Gasteiger partial charge in [0.1, 0.15) is 41.0 Å². The number of guanidine groups is 1. The van der Waals surface area contributed by atoms with Crippen LogP contribution in [-0.4, -0.2) is 164 Å². The van der Waals surface area contributed by atoms with Gasteiger partial charge in [-0.05, 0) is 103 Å². The molecule has 102 heavy (non-hydrogen) atoms. The van der Waals surface area contributed by atoms with Gasteiger partial charge >= 0.3 is 17.9 Å². The molecule has 0 aliphatic carbocycles. The molecule has 5 heterocycles. The Hall–Kier alpha value is -11.8. The zero-order valence-electron chi connectivity index (χ0n) is 53.9. The van der Waals surface area contributed by atoms with Gasteiger partial charge in [-0.3, -0.25) is 53.5 Å². The van der Waals surface area contributed by atoms with Crippen molar-refractivity contribution in [1.29, 1.82) is 5.41 Å². The molecule has 5 aromatic carbocycles. The number of aromatic nitrogens is 6. The lowest BCUT2D eigenvalue weighted by Gasteiger charge is -2.23. The number of halogens is 1. The summed E-state index contributed by atoms with van der Waals surface area (Å²) >= 11 is 6.41. The normalized spacial score (nSPS) is 13.7. The molecule has 0 radical (unpaired) electrons. The minimum Gasteiger partial charge on any atom is -0.507 e. The summed E-state index contributed by atoms with van der Waals surface area (Å²) in [5, 5.41) is 69.2. The van der Waals surface area contributed by atoms with Crippen LogP contribution in [0.15, 0.2) is 114 Å². The van der Waals surface area contributed by atoms with Crippen molar-refractivity contribution in [2.75, 3.05) is 57.1 Å². The first kappa shape index (κ1) is 73.0. The third-order valence-electron chi connectivity index (χ3n) is 16.5. The minimum absolute atomic E-state index is 0.0180. The number of benzene rings is 5. The number of fused-ring (bicyclic) bond motifs is 6. The molecule has 32 nitrogen and oxygen atoms in total. The number of carboxylic acids is 3. The van der Waals surface area contributed by atoms with Crippen LogP contribution >= 0.6 is 33.2 Å². The van der Waals surface area contributed by atoms with Crippen LogP contribution in [0, 0.1) is 11.3 Å². The summed E-state index contributed by atoms with van der Waals surface area (Å²) in [6.45, 7) is 0.504. The molecule has 0 spiro atoms. The van der Waals surface area contributed by atoms with Crippen molar-refractivity contribution in [1.82, 2.24) is 51.2 Å². The first-order valence-corrected chi connectivity index (χ1v) is 34.7. The first-order valence-electron chi connectivity index (χ1n) is 31.7. The number of Topliss-reactive ketones (excluding diaryl/α,β-unsaturated/α-hetero) is 1. The van der Waals surface area contributed by atoms with E-state index in [0.29, 0.717) is 67.9 Å². The van der Waals surface area contributed by atoms with Crippen LogP contribution in [-0.2, 0) is 40.1 Å². The second-order valence-electron chi connectivity index (χ2n) is 23.8. The highest BCUT2D eigenvalue weighted by atomic mass is 35.5. The number of phenols is 1. The van der Waals surface area contributed by atoms with Crippen molar-refractivity contribution in [3.05, 3.63) is 148 Å². The molecule has 19 N–H and O–H groups in total. The molecule has 5 atom stereocenters. The number of anilines is 5. The fraction of sp³-hybridized carbons (Fsp3) is 0.269.